The molecule has 0 amide bonds. The summed E-state index contributed by atoms with van der Waals surface area (Å²) in [6.45, 7) is 0.859. The number of hydrogen-bond acceptors (Lipinski definition) is 5. The normalized spacial score (nSPS) is 31.5. The van der Waals surface area contributed by atoms with Gasteiger partial charge in [-0.1, -0.05) is 11.8 Å². The van der Waals surface area contributed by atoms with Crippen LogP contribution in [0.1, 0.15) is 0 Å². The molecule has 1 unspecified atom stereocenters. The average molecular weight is 189 g/mol. The highest BCUT2D eigenvalue weighted by Crippen LogP contribution is 2.42. The van der Waals surface area contributed by atoms with E-state index in [-0.39, 0.29) is 4.92 Å². The molecule has 2 rings (SSSR count). The van der Waals surface area contributed by atoms with Gasteiger partial charge in [-0.3, -0.25) is 10.1 Å². The first-order valence-electron chi connectivity index (χ1n) is 3.50. The molecule has 1 spiro atoms. The van der Waals surface area contributed by atoms with Crippen molar-refractivity contribution in [2.24, 2.45) is 0 Å². The number of nitrogens with zero attached hydrogens (tertiary/aromatic N) is 1. The fraction of sp³-hybridized carbons (Fsp3) is 0.667. The first-order chi connectivity index (χ1) is 5.75. The number of hydrogen-bond donors (Lipinski definition) is 0. The van der Waals surface area contributed by atoms with E-state index in [0.717, 1.165) is 0 Å². The molecule has 12 heavy (non-hydrogen) atoms. The predicted molar refractivity (Wildman–Crippen MR) is 42.1 cm³/mol. The van der Waals surface area contributed by atoms with Crippen LogP contribution in [0.15, 0.2) is 11.5 Å². The Hall–Kier alpha value is -0.590. The molecule has 0 saturated carbocycles. The first-order valence-corrected chi connectivity index (χ1v) is 4.38. The molecule has 0 aromatic rings. The van der Waals surface area contributed by atoms with Crippen molar-refractivity contribution in [3.63, 3.8) is 0 Å². The molecule has 0 radical (unpaired) electrons. The zero-order chi connectivity index (χ0) is 8.60. The zero-order valence-electron chi connectivity index (χ0n) is 6.13. The molecule has 2 aliphatic rings. The van der Waals surface area contributed by atoms with E-state index in [0.29, 0.717) is 13.2 Å². The second kappa shape index (κ2) is 2.72. The van der Waals surface area contributed by atoms with Crippen LogP contribution in [0.2, 0.25) is 0 Å². The van der Waals surface area contributed by atoms with Crippen LogP contribution < -0.4 is 0 Å². The third-order valence-electron chi connectivity index (χ3n) is 1.77. The summed E-state index contributed by atoms with van der Waals surface area (Å²) < 4.78 is 10.4. The van der Waals surface area contributed by atoms with Crippen LogP contribution >= 0.6 is 11.8 Å². The van der Waals surface area contributed by atoms with Gasteiger partial charge < -0.3 is 9.47 Å². The van der Waals surface area contributed by atoms with Crippen LogP contribution in [-0.4, -0.2) is 29.3 Å². The molecule has 1 fully saturated rings. The van der Waals surface area contributed by atoms with Gasteiger partial charge in [0.1, 0.15) is 0 Å². The largest absolute Gasteiger partial charge is 0.333 e. The second-order valence-electron chi connectivity index (χ2n) is 2.48. The average Bonchev–Trinajstić information content (AvgIpc) is 2.61. The molecule has 0 aromatic carbocycles. The van der Waals surface area contributed by atoms with Gasteiger partial charge in [0.05, 0.1) is 13.2 Å². The zero-order valence-corrected chi connectivity index (χ0v) is 6.95. The van der Waals surface area contributed by atoms with E-state index in [9.17, 15) is 10.1 Å². The molecule has 0 aliphatic carbocycles. The van der Waals surface area contributed by atoms with Crippen molar-refractivity contribution in [3.8, 4) is 0 Å². The maximum Gasteiger partial charge on any atom is 0.296 e. The van der Waals surface area contributed by atoms with Crippen LogP contribution in [-0.2, 0) is 9.47 Å². The lowest BCUT2D eigenvalue weighted by Crippen LogP contribution is -2.41. The Balaban J connectivity index is 2.21. The van der Waals surface area contributed by atoms with E-state index < -0.39 is 11.2 Å². The Labute approximate surface area is 72.9 Å². The number of rotatable bonds is 1. The molecule has 1 atom stereocenters. The maximum atomic E-state index is 10.5. The summed E-state index contributed by atoms with van der Waals surface area (Å²) in [5.74, 6) is 0. The van der Waals surface area contributed by atoms with Gasteiger partial charge in [0.2, 0.25) is 0 Å². The van der Waals surface area contributed by atoms with E-state index in [1.807, 2.05) is 0 Å². The topological polar surface area (TPSA) is 61.6 Å². The molecule has 0 N–H and O–H groups in total. The van der Waals surface area contributed by atoms with Crippen LogP contribution in [0.5, 0.6) is 0 Å². The SMILES string of the molecule is O=[N+]([O-])C1C=CSC12OCCO2. The van der Waals surface area contributed by atoms with Gasteiger partial charge in [0.15, 0.2) is 0 Å². The third-order valence-corrected chi connectivity index (χ3v) is 2.87. The molecule has 0 aromatic heterocycles. The molecule has 2 heterocycles. The molecule has 5 nitrogen and oxygen atoms in total. The molecule has 6 heteroatoms. The Kier molecular flexibility index (Phi) is 1.82. The highest BCUT2D eigenvalue weighted by atomic mass is 32.2. The fourth-order valence-corrected chi connectivity index (χ4v) is 2.27. The van der Waals surface area contributed by atoms with E-state index in [4.69, 9.17) is 9.47 Å². The van der Waals surface area contributed by atoms with Gasteiger partial charge in [-0.25, -0.2) is 0 Å². The summed E-state index contributed by atoms with van der Waals surface area (Å²) in [4.78, 5) is 10.2. The Bertz CT molecular complexity index is 236. The fourth-order valence-electron chi connectivity index (χ4n) is 1.24. The molecular weight excluding hydrogens is 182 g/mol. The van der Waals surface area contributed by atoms with Crippen molar-refractivity contribution in [2.75, 3.05) is 13.2 Å². The van der Waals surface area contributed by atoms with Crippen molar-refractivity contribution in [3.05, 3.63) is 21.6 Å². The molecule has 2 aliphatic heterocycles. The van der Waals surface area contributed by atoms with E-state index >= 15 is 0 Å². The summed E-state index contributed by atoms with van der Waals surface area (Å²) in [6, 6.07) is -0.870. The number of ether oxygens (including phenoxy) is 2. The van der Waals surface area contributed by atoms with Crippen LogP contribution in [0.4, 0.5) is 0 Å². The first kappa shape index (κ1) is 8.03. The minimum Gasteiger partial charge on any atom is -0.333 e. The molecule has 0 bridgehead atoms. The van der Waals surface area contributed by atoms with Gasteiger partial charge >= 0.3 is 0 Å². The van der Waals surface area contributed by atoms with Gasteiger partial charge in [0.25, 0.3) is 11.2 Å². The van der Waals surface area contributed by atoms with Crippen molar-refractivity contribution < 1.29 is 14.4 Å². The highest BCUT2D eigenvalue weighted by molar-refractivity contribution is 8.03. The molecule has 66 valence electrons. The number of thioether (sulfide) groups is 1. The monoisotopic (exact) mass is 189 g/mol. The summed E-state index contributed by atoms with van der Waals surface area (Å²) in [6.07, 6.45) is 1.50. The van der Waals surface area contributed by atoms with E-state index in [2.05, 4.69) is 0 Å². The van der Waals surface area contributed by atoms with Crippen molar-refractivity contribution >= 4 is 11.8 Å². The van der Waals surface area contributed by atoms with Crippen LogP contribution in [0.3, 0.4) is 0 Å². The van der Waals surface area contributed by atoms with Crippen LogP contribution in [0.25, 0.3) is 0 Å². The highest BCUT2D eigenvalue weighted by Gasteiger charge is 2.54. The standard InChI is InChI=1S/C6H7NO4S/c8-7(9)5-1-4-12-6(5)10-2-3-11-6/h1,4-5H,2-3H2. The van der Waals surface area contributed by atoms with Crippen molar-refractivity contribution in [1.82, 2.24) is 0 Å². The summed E-state index contributed by atoms with van der Waals surface area (Å²) in [5.41, 5.74) is 0. The van der Waals surface area contributed by atoms with Crippen LogP contribution in [0, 0.1) is 10.1 Å². The lowest BCUT2D eigenvalue weighted by atomic mass is 10.3. The van der Waals surface area contributed by atoms with Crippen molar-refractivity contribution in [1.29, 1.82) is 0 Å². The maximum absolute atomic E-state index is 10.5. The van der Waals surface area contributed by atoms with E-state index in [1.165, 1.54) is 17.8 Å². The Morgan fingerprint density at radius 1 is 1.58 bits per heavy atom. The van der Waals surface area contributed by atoms with Gasteiger partial charge in [-0.15, -0.1) is 0 Å². The van der Waals surface area contributed by atoms with E-state index in [1.54, 1.807) is 5.41 Å². The molecule has 1 saturated heterocycles. The lowest BCUT2D eigenvalue weighted by Gasteiger charge is -2.21. The van der Waals surface area contributed by atoms with Gasteiger partial charge in [-0.2, -0.15) is 0 Å². The lowest BCUT2D eigenvalue weighted by molar-refractivity contribution is -0.535. The summed E-state index contributed by atoms with van der Waals surface area (Å²) in [5, 5.41) is 11.1. The number of nitro groups is 1. The minimum atomic E-state index is -1.07. The Morgan fingerprint density at radius 3 is 2.83 bits per heavy atom. The smallest absolute Gasteiger partial charge is 0.296 e. The Morgan fingerprint density at radius 2 is 2.25 bits per heavy atom. The predicted octanol–water partition coefficient (Wildman–Crippen LogP) is 0.593. The third kappa shape index (κ3) is 1.03. The summed E-state index contributed by atoms with van der Waals surface area (Å²) >= 11 is 1.22. The quantitative estimate of drug-likeness (QED) is 0.446. The second-order valence-corrected chi connectivity index (χ2v) is 3.55. The summed E-state index contributed by atoms with van der Waals surface area (Å²) in [7, 11) is 0. The minimum absolute atomic E-state index is 0.387. The van der Waals surface area contributed by atoms with Gasteiger partial charge in [0, 0.05) is 11.0 Å². The molecular formula is C6H7NO4S. The van der Waals surface area contributed by atoms with Crippen molar-refractivity contribution in [2.45, 2.75) is 11.2 Å². The van der Waals surface area contributed by atoms with Gasteiger partial charge in [-0.05, 0) is 5.41 Å².